The maximum absolute atomic E-state index is 5.94. The molecule has 0 amide bonds. The van der Waals surface area contributed by atoms with Gasteiger partial charge in [-0.2, -0.15) is 0 Å². The molecule has 0 aliphatic carbocycles. The summed E-state index contributed by atoms with van der Waals surface area (Å²) in [6, 6.07) is 9.39. The first-order valence-electron chi connectivity index (χ1n) is 6.81. The summed E-state index contributed by atoms with van der Waals surface area (Å²) in [6.45, 7) is 1.96. The molecule has 2 N–H and O–H groups in total. The molecule has 2 unspecified atom stereocenters. The van der Waals surface area contributed by atoms with Crippen molar-refractivity contribution in [1.29, 1.82) is 0 Å². The Morgan fingerprint density at radius 3 is 2.50 bits per heavy atom. The Morgan fingerprint density at radius 2 is 1.94 bits per heavy atom. The van der Waals surface area contributed by atoms with Crippen LogP contribution in [0.1, 0.15) is 24.4 Å². The van der Waals surface area contributed by atoms with Crippen LogP contribution in [0.4, 0.5) is 5.69 Å². The Kier molecular flexibility index (Phi) is 4.25. The summed E-state index contributed by atoms with van der Waals surface area (Å²) in [4.78, 5) is 4.58. The highest BCUT2D eigenvalue weighted by molar-refractivity contribution is 5.46. The normalized spacial score (nSPS) is 25.1. The molecule has 2 atom stereocenters. The van der Waals surface area contributed by atoms with Gasteiger partial charge < -0.3 is 10.6 Å². The van der Waals surface area contributed by atoms with Gasteiger partial charge in [-0.3, -0.25) is 4.90 Å². The van der Waals surface area contributed by atoms with Gasteiger partial charge in [0.15, 0.2) is 0 Å². The summed E-state index contributed by atoms with van der Waals surface area (Å²) in [5.41, 5.74) is 8.59. The van der Waals surface area contributed by atoms with Gasteiger partial charge in [0.25, 0.3) is 0 Å². The number of nitrogens with two attached hydrogens (primary N) is 1. The fraction of sp³-hybridized carbons (Fsp3) is 0.600. The number of piperidine rings is 1. The smallest absolute Gasteiger partial charge is 0.0385 e. The number of rotatable bonds is 3. The minimum absolute atomic E-state index is 0.486. The van der Waals surface area contributed by atoms with Gasteiger partial charge in [0.05, 0.1) is 0 Å². The van der Waals surface area contributed by atoms with Crippen LogP contribution in [-0.2, 0) is 0 Å². The van der Waals surface area contributed by atoms with E-state index >= 15 is 0 Å². The molecule has 2 rings (SSSR count). The van der Waals surface area contributed by atoms with Crippen LogP contribution in [0.3, 0.4) is 0 Å². The van der Waals surface area contributed by atoms with Crippen molar-refractivity contribution in [3.05, 3.63) is 29.8 Å². The number of hydrogen-bond acceptors (Lipinski definition) is 3. The van der Waals surface area contributed by atoms with E-state index < -0.39 is 0 Å². The predicted molar refractivity (Wildman–Crippen MR) is 77.9 cm³/mol. The van der Waals surface area contributed by atoms with Gasteiger partial charge in [-0.1, -0.05) is 12.1 Å². The van der Waals surface area contributed by atoms with Crippen LogP contribution in [0.25, 0.3) is 0 Å². The van der Waals surface area contributed by atoms with Crippen molar-refractivity contribution in [2.24, 2.45) is 11.7 Å². The summed E-state index contributed by atoms with van der Waals surface area (Å²) in [7, 11) is 6.36. The van der Waals surface area contributed by atoms with Gasteiger partial charge in [-0.15, -0.1) is 0 Å². The van der Waals surface area contributed by atoms with Crippen LogP contribution in [0, 0.1) is 5.92 Å². The molecule has 1 saturated heterocycles. The Hall–Kier alpha value is -1.06. The van der Waals surface area contributed by atoms with Gasteiger partial charge in [-0.25, -0.2) is 0 Å². The minimum atomic E-state index is 0.486. The first-order chi connectivity index (χ1) is 8.63. The molecule has 1 aromatic rings. The predicted octanol–water partition coefficient (Wildman–Crippen LogP) is 2.09. The zero-order valence-corrected chi connectivity index (χ0v) is 11.8. The molecule has 3 heteroatoms. The van der Waals surface area contributed by atoms with Crippen molar-refractivity contribution in [3.8, 4) is 0 Å². The first kappa shape index (κ1) is 13.4. The second kappa shape index (κ2) is 5.72. The van der Waals surface area contributed by atoms with Gasteiger partial charge in [0.1, 0.15) is 0 Å². The maximum Gasteiger partial charge on any atom is 0.0385 e. The third-order valence-electron chi connectivity index (χ3n) is 4.06. The molecule has 1 aliphatic heterocycles. The summed E-state index contributed by atoms with van der Waals surface area (Å²) >= 11 is 0. The molecule has 1 aromatic carbocycles. The molecule has 0 aromatic heterocycles. The minimum Gasteiger partial charge on any atom is -0.378 e. The molecule has 18 heavy (non-hydrogen) atoms. The van der Waals surface area contributed by atoms with E-state index in [-0.39, 0.29) is 0 Å². The molecule has 1 heterocycles. The van der Waals surface area contributed by atoms with Crippen LogP contribution in [0.15, 0.2) is 24.3 Å². The Labute approximate surface area is 111 Å². The van der Waals surface area contributed by atoms with Crippen molar-refractivity contribution in [2.45, 2.75) is 18.9 Å². The van der Waals surface area contributed by atoms with Gasteiger partial charge in [0, 0.05) is 25.8 Å². The molecule has 0 saturated carbocycles. The van der Waals surface area contributed by atoms with Crippen LogP contribution in [0.5, 0.6) is 0 Å². The standard InChI is InChI=1S/C15H25N3/c1-17(2)14-8-6-12(7-9-14)15-13(11-16)5-4-10-18(15)3/h6-9,13,15H,4-5,10-11,16H2,1-3H3. The van der Waals surface area contributed by atoms with Crippen molar-refractivity contribution >= 4 is 5.69 Å². The molecular formula is C15H25N3. The molecule has 1 aliphatic rings. The number of benzene rings is 1. The summed E-state index contributed by atoms with van der Waals surface area (Å²) in [6.07, 6.45) is 2.52. The van der Waals surface area contributed by atoms with Crippen molar-refractivity contribution < 1.29 is 0 Å². The lowest BCUT2D eigenvalue weighted by molar-refractivity contribution is 0.125. The molecule has 3 nitrogen and oxygen atoms in total. The van der Waals surface area contributed by atoms with Gasteiger partial charge in [0.2, 0.25) is 0 Å². The largest absolute Gasteiger partial charge is 0.378 e. The molecule has 0 radical (unpaired) electrons. The third kappa shape index (κ3) is 2.68. The van der Waals surface area contributed by atoms with Crippen LogP contribution < -0.4 is 10.6 Å². The van der Waals surface area contributed by atoms with E-state index in [1.54, 1.807) is 0 Å². The quantitative estimate of drug-likeness (QED) is 0.888. The zero-order valence-electron chi connectivity index (χ0n) is 11.8. The molecular weight excluding hydrogens is 222 g/mol. The molecule has 0 spiro atoms. The highest BCUT2D eigenvalue weighted by Crippen LogP contribution is 2.34. The lowest BCUT2D eigenvalue weighted by atomic mass is 9.85. The number of anilines is 1. The highest BCUT2D eigenvalue weighted by atomic mass is 15.1. The first-order valence-corrected chi connectivity index (χ1v) is 6.81. The van der Waals surface area contributed by atoms with E-state index in [0.717, 1.165) is 6.54 Å². The maximum atomic E-state index is 5.94. The number of likely N-dealkylation sites (tertiary alicyclic amines) is 1. The van der Waals surface area contributed by atoms with Gasteiger partial charge >= 0.3 is 0 Å². The second-order valence-corrected chi connectivity index (χ2v) is 5.55. The Bertz CT molecular complexity index is 372. The van der Waals surface area contributed by atoms with E-state index in [0.29, 0.717) is 12.0 Å². The molecule has 100 valence electrons. The average molecular weight is 247 g/mol. The summed E-state index contributed by atoms with van der Waals surface area (Å²) < 4.78 is 0. The highest BCUT2D eigenvalue weighted by Gasteiger charge is 2.29. The van der Waals surface area contributed by atoms with Crippen molar-refractivity contribution in [1.82, 2.24) is 4.90 Å². The fourth-order valence-electron chi connectivity index (χ4n) is 3.00. The number of nitrogens with zero attached hydrogens (tertiary/aromatic N) is 2. The monoisotopic (exact) mass is 247 g/mol. The van der Waals surface area contributed by atoms with E-state index in [1.165, 1.54) is 30.6 Å². The molecule has 0 bridgehead atoms. The molecule has 1 fully saturated rings. The zero-order chi connectivity index (χ0) is 13.1. The summed E-state index contributed by atoms with van der Waals surface area (Å²) in [5.74, 6) is 0.592. The van der Waals surface area contributed by atoms with Gasteiger partial charge in [-0.05, 0) is 56.6 Å². The van der Waals surface area contributed by atoms with E-state index in [4.69, 9.17) is 5.73 Å². The second-order valence-electron chi connectivity index (χ2n) is 5.55. The Balaban J connectivity index is 2.22. The lowest BCUT2D eigenvalue weighted by Crippen LogP contribution is -2.39. The van der Waals surface area contributed by atoms with E-state index in [1.807, 2.05) is 0 Å². The van der Waals surface area contributed by atoms with Crippen LogP contribution >= 0.6 is 0 Å². The van der Waals surface area contributed by atoms with Crippen molar-refractivity contribution in [3.63, 3.8) is 0 Å². The summed E-state index contributed by atoms with van der Waals surface area (Å²) in [5, 5.41) is 0. The number of hydrogen-bond donors (Lipinski definition) is 1. The topological polar surface area (TPSA) is 32.5 Å². The Morgan fingerprint density at radius 1 is 1.28 bits per heavy atom. The van der Waals surface area contributed by atoms with E-state index in [2.05, 4.69) is 55.2 Å². The van der Waals surface area contributed by atoms with Crippen molar-refractivity contribution in [2.75, 3.05) is 39.1 Å². The average Bonchev–Trinajstić information content (AvgIpc) is 2.38. The van der Waals surface area contributed by atoms with Crippen LogP contribution in [-0.4, -0.2) is 39.1 Å². The lowest BCUT2D eigenvalue weighted by Gasteiger charge is -2.39. The van der Waals surface area contributed by atoms with Crippen LogP contribution in [0.2, 0.25) is 0 Å². The third-order valence-corrected chi connectivity index (χ3v) is 4.06. The van der Waals surface area contributed by atoms with E-state index in [9.17, 15) is 0 Å². The SMILES string of the molecule is CN(C)c1ccc(C2C(CN)CCCN2C)cc1. The fourth-order valence-corrected chi connectivity index (χ4v) is 3.00.